The van der Waals surface area contributed by atoms with Crippen molar-refractivity contribution in [3.63, 3.8) is 0 Å². The Hall–Kier alpha value is -0.0800. The fourth-order valence-electron chi connectivity index (χ4n) is 2.49. The van der Waals surface area contributed by atoms with Crippen LogP contribution in [0.25, 0.3) is 0 Å². The van der Waals surface area contributed by atoms with Crippen LogP contribution in [0.3, 0.4) is 0 Å². The Bertz CT molecular complexity index is 159. The van der Waals surface area contributed by atoms with Crippen molar-refractivity contribution >= 4 is 0 Å². The van der Waals surface area contributed by atoms with Crippen LogP contribution in [0.1, 0.15) is 46.0 Å². The number of hydrogen-bond acceptors (Lipinski definition) is 2. The predicted octanol–water partition coefficient (Wildman–Crippen LogP) is 2.83. The minimum absolute atomic E-state index is 0.527. The van der Waals surface area contributed by atoms with Gasteiger partial charge in [0.1, 0.15) is 0 Å². The first-order chi connectivity index (χ1) is 7.24. The van der Waals surface area contributed by atoms with Crippen LogP contribution in [0.4, 0.5) is 0 Å². The number of rotatable bonds is 6. The predicted molar refractivity (Wildman–Crippen MR) is 65.1 cm³/mol. The van der Waals surface area contributed by atoms with Gasteiger partial charge in [0.2, 0.25) is 0 Å². The quantitative estimate of drug-likeness (QED) is 0.685. The van der Waals surface area contributed by atoms with E-state index >= 15 is 0 Å². The van der Waals surface area contributed by atoms with Crippen molar-refractivity contribution in [3.8, 4) is 0 Å². The Morgan fingerprint density at radius 1 is 1.27 bits per heavy atom. The lowest BCUT2D eigenvalue weighted by atomic mass is 9.84. The Morgan fingerprint density at radius 3 is 2.67 bits per heavy atom. The molecule has 0 unspecified atom stereocenters. The molecule has 2 heteroatoms. The SMILES string of the molecule is CO[C@H]1CCCC[C@H]1CCNCC(C)C. The summed E-state index contributed by atoms with van der Waals surface area (Å²) in [6.07, 6.45) is 7.20. The number of ether oxygens (including phenoxy) is 1. The highest BCUT2D eigenvalue weighted by molar-refractivity contribution is 4.76. The summed E-state index contributed by atoms with van der Waals surface area (Å²) in [5.74, 6) is 1.55. The molecule has 0 radical (unpaired) electrons. The van der Waals surface area contributed by atoms with Gasteiger partial charge >= 0.3 is 0 Å². The van der Waals surface area contributed by atoms with Gasteiger partial charge in [-0.1, -0.05) is 26.7 Å². The second-order valence-corrected chi connectivity index (χ2v) is 5.21. The van der Waals surface area contributed by atoms with Gasteiger partial charge in [0.15, 0.2) is 0 Å². The first-order valence-corrected chi connectivity index (χ1v) is 6.47. The first-order valence-electron chi connectivity index (χ1n) is 6.47. The van der Waals surface area contributed by atoms with E-state index in [0.717, 1.165) is 24.9 Å². The topological polar surface area (TPSA) is 21.3 Å². The minimum atomic E-state index is 0.527. The first kappa shape index (κ1) is 13.0. The van der Waals surface area contributed by atoms with Crippen LogP contribution in [0, 0.1) is 11.8 Å². The summed E-state index contributed by atoms with van der Waals surface area (Å²) >= 11 is 0. The molecule has 1 fully saturated rings. The van der Waals surface area contributed by atoms with E-state index < -0.39 is 0 Å². The van der Waals surface area contributed by atoms with Gasteiger partial charge < -0.3 is 10.1 Å². The van der Waals surface area contributed by atoms with Crippen LogP contribution in [-0.2, 0) is 4.74 Å². The van der Waals surface area contributed by atoms with Crippen LogP contribution < -0.4 is 5.32 Å². The molecular formula is C13H27NO. The van der Waals surface area contributed by atoms with Gasteiger partial charge in [-0.05, 0) is 44.2 Å². The third-order valence-electron chi connectivity index (χ3n) is 3.39. The molecule has 0 heterocycles. The molecule has 0 spiro atoms. The molecule has 0 amide bonds. The van der Waals surface area contributed by atoms with Crippen molar-refractivity contribution in [2.45, 2.75) is 52.1 Å². The molecule has 1 aliphatic rings. The second kappa shape index (κ2) is 7.24. The average molecular weight is 213 g/mol. The van der Waals surface area contributed by atoms with Crippen molar-refractivity contribution in [1.82, 2.24) is 5.32 Å². The van der Waals surface area contributed by atoms with E-state index in [1.165, 1.54) is 32.1 Å². The summed E-state index contributed by atoms with van der Waals surface area (Å²) in [4.78, 5) is 0. The van der Waals surface area contributed by atoms with E-state index in [-0.39, 0.29) is 0 Å². The van der Waals surface area contributed by atoms with E-state index in [9.17, 15) is 0 Å². The molecule has 0 aromatic carbocycles. The van der Waals surface area contributed by atoms with Crippen LogP contribution in [0.5, 0.6) is 0 Å². The Labute approximate surface area is 94.8 Å². The van der Waals surface area contributed by atoms with Crippen molar-refractivity contribution in [2.75, 3.05) is 20.2 Å². The molecule has 0 aromatic heterocycles. The highest BCUT2D eigenvalue weighted by Gasteiger charge is 2.23. The van der Waals surface area contributed by atoms with E-state index in [4.69, 9.17) is 4.74 Å². The van der Waals surface area contributed by atoms with Gasteiger partial charge in [-0.2, -0.15) is 0 Å². The van der Waals surface area contributed by atoms with Crippen molar-refractivity contribution in [2.24, 2.45) is 11.8 Å². The maximum absolute atomic E-state index is 5.55. The maximum atomic E-state index is 5.55. The van der Waals surface area contributed by atoms with E-state index in [1.807, 2.05) is 7.11 Å². The second-order valence-electron chi connectivity index (χ2n) is 5.21. The molecule has 2 nitrogen and oxygen atoms in total. The zero-order valence-corrected chi connectivity index (χ0v) is 10.6. The lowest BCUT2D eigenvalue weighted by molar-refractivity contribution is 0.0205. The number of hydrogen-bond donors (Lipinski definition) is 1. The molecule has 2 atom stereocenters. The van der Waals surface area contributed by atoms with Gasteiger partial charge in [-0.15, -0.1) is 0 Å². The Kier molecular flexibility index (Phi) is 6.26. The summed E-state index contributed by atoms with van der Waals surface area (Å²) < 4.78 is 5.55. The molecular weight excluding hydrogens is 186 g/mol. The van der Waals surface area contributed by atoms with Crippen molar-refractivity contribution in [1.29, 1.82) is 0 Å². The molecule has 0 aromatic rings. The maximum Gasteiger partial charge on any atom is 0.0600 e. The lowest BCUT2D eigenvalue weighted by Crippen LogP contribution is -2.30. The summed E-state index contributed by atoms with van der Waals surface area (Å²) in [5, 5.41) is 3.52. The van der Waals surface area contributed by atoms with Crippen LogP contribution >= 0.6 is 0 Å². The van der Waals surface area contributed by atoms with E-state index in [1.54, 1.807) is 0 Å². The molecule has 0 aliphatic heterocycles. The van der Waals surface area contributed by atoms with Gasteiger partial charge in [0, 0.05) is 7.11 Å². The van der Waals surface area contributed by atoms with Crippen LogP contribution in [0.2, 0.25) is 0 Å². The Morgan fingerprint density at radius 2 is 2.00 bits per heavy atom. The normalized spacial score (nSPS) is 27.2. The zero-order valence-electron chi connectivity index (χ0n) is 10.6. The largest absolute Gasteiger partial charge is 0.381 e. The van der Waals surface area contributed by atoms with Gasteiger partial charge in [-0.25, -0.2) is 0 Å². The van der Waals surface area contributed by atoms with Gasteiger partial charge in [-0.3, -0.25) is 0 Å². The third-order valence-corrected chi connectivity index (χ3v) is 3.39. The molecule has 0 saturated heterocycles. The molecule has 1 aliphatic carbocycles. The molecule has 1 saturated carbocycles. The summed E-state index contributed by atoms with van der Waals surface area (Å²) in [6.45, 7) is 6.81. The van der Waals surface area contributed by atoms with Crippen LogP contribution in [-0.4, -0.2) is 26.3 Å². The Balaban J connectivity index is 2.12. The standard InChI is InChI=1S/C13H27NO/c1-11(2)10-14-9-8-12-6-4-5-7-13(12)15-3/h11-14H,4-10H2,1-3H3/t12-,13-/m0/s1. The highest BCUT2D eigenvalue weighted by atomic mass is 16.5. The average Bonchev–Trinajstić information content (AvgIpc) is 2.24. The fourth-order valence-corrected chi connectivity index (χ4v) is 2.49. The van der Waals surface area contributed by atoms with Crippen LogP contribution in [0.15, 0.2) is 0 Å². The molecule has 1 N–H and O–H groups in total. The molecule has 15 heavy (non-hydrogen) atoms. The lowest BCUT2D eigenvalue weighted by Gasteiger charge is -2.30. The van der Waals surface area contributed by atoms with E-state index in [2.05, 4.69) is 19.2 Å². The molecule has 0 bridgehead atoms. The monoisotopic (exact) mass is 213 g/mol. The molecule has 1 rings (SSSR count). The minimum Gasteiger partial charge on any atom is -0.381 e. The van der Waals surface area contributed by atoms with Gasteiger partial charge in [0.05, 0.1) is 6.10 Å². The summed E-state index contributed by atoms with van der Waals surface area (Å²) in [7, 11) is 1.87. The zero-order chi connectivity index (χ0) is 11.1. The third kappa shape index (κ3) is 4.98. The van der Waals surface area contributed by atoms with Gasteiger partial charge in [0.25, 0.3) is 0 Å². The van der Waals surface area contributed by atoms with Crippen molar-refractivity contribution in [3.05, 3.63) is 0 Å². The summed E-state index contributed by atoms with van der Waals surface area (Å²) in [6, 6.07) is 0. The summed E-state index contributed by atoms with van der Waals surface area (Å²) in [5.41, 5.74) is 0. The number of methoxy groups -OCH3 is 1. The highest BCUT2D eigenvalue weighted by Crippen LogP contribution is 2.28. The van der Waals surface area contributed by atoms with E-state index in [0.29, 0.717) is 6.10 Å². The molecule has 90 valence electrons. The fraction of sp³-hybridized carbons (Fsp3) is 1.00. The smallest absolute Gasteiger partial charge is 0.0600 e. The number of nitrogens with one attached hydrogen (secondary N) is 1. The van der Waals surface area contributed by atoms with Crippen molar-refractivity contribution < 1.29 is 4.74 Å².